The number of nitrogens with zero attached hydrogens (tertiary/aromatic N) is 2. The monoisotopic (exact) mass is 354 g/mol. The summed E-state index contributed by atoms with van der Waals surface area (Å²) in [6.45, 7) is 2.79. The Hall–Kier alpha value is -1.73. The lowest BCUT2D eigenvalue weighted by Crippen LogP contribution is -2.06. The van der Waals surface area contributed by atoms with Crippen molar-refractivity contribution in [3.63, 3.8) is 0 Å². The molecule has 2 N–H and O–H groups in total. The molecule has 0 spiro atoms. The average Bonchev–Trinajstić information content (AvgIpc) is 2.48. The summed E-state index contributed by atoms with van der Waals surface area (Å²) in [5.41, 5.74) is 0.340. The Morgan fingerprint density at radius 3 is 2.71 bits per heavy atom. The molecule has 1 heterocycles. The third kappa shape index (κ3) is 4.37. The second-order valence-electron chi connectivity index (χ2n) is 4.19. The van der Waals surface area contributed by atoms with Crippen LogP contribution in [0.1, 0.15) is 12.7 Å². The minimum Gasteiger partial charge on any atom is -0.374 e. The molecule has 0 saturated heterocycles. The fourth-order valence-electron chi connectivity index (χ4n) is 1.68. The van der Waals surface area contributed by atoms with E-state index in [1.54, 1.807) is 25.2 Å². The quantitative estimate of drug-likeness (QED) is 0.828. The van der Waals surface area contributed by atoms with Crippen molar-refractivity contribution in [2.75, 3.05) is 24.3 Å². The van der Waals surface area contributed by atoms with Crippen LogP contribution in [0.3, 0.4) is 0 Å². The van der Waals surface area contributed by atoms with E-state index in [2.05, 4.69) is 36.5 Å². The molecule has 0 aliphatic carbocycles. The van der Waals surface area contributed by atoms with E-state index >= 15 is 0 Å². The van der Waals surface area contributed by atoms with Crippen LogP contribution >= 0.6 is 15.9 Å². The summed E-state index contributed by atoms with van der Waals surface area (Å²) >= 11 is 3.31. The van der Waals surface area contributed by atoms with Crippen LogP contribution in [0.15, 0.2) is 28.7 Å². The number of hydrogen-bond donors (Lipinski definition) is 2. The van der Waals surface area contributed by atoms with Crippen molar-refractivity contribution in [3.8, 4) is 0 Å². The van der Waals surface area contributed by atoms with Gasteiger partial charge >= 0.3 is 0 Å². The SMILES string of the molecule is CCOCc1nc(NC)cc(Nc2cc(Br)ccc2F)n1. The molecule has 0 saturated carbocycles. The zero-order chi connectivity index (χ0) is 15.2. The maximum absolute atomic E-state index is 13.8. The van der Waals surface area contributed by atoms with Crippen molar-refractivity contribution in [3.05, 3.63) is 40.4 Å². The average molecular weight is 355 g/mol. The van der Waals surface area contributed by atoms with Crippen LogP contribution in [-0.2, 0) is 11.3 Å². The second-order valence-corrected chi connectivity index (χ2v) is 5.11. The highest BCUT2D eigenvalue weighted by Crippen LogP contribution is 2.24. The highest BCUT2D eigenvalue weighted by molar-refractivity contribution is 9.10. The molecule has 21 heavy (non-hydrogen) atoms. The molecule has 0 aliphatic rings. The van der Waals surface area contributed by atoms with E-state index in [0.717, 1.165) is 4.47 Å². The maximum Gasteiger partial charge on any atom is 0.158 e. The fraction of sp³-hybridized carbons (Fsp3) is 0.286. The van der Waals surface area contributed by atoms with E-state index in [1.807, 2.05) is 6.92 Å². The van der Waals surface area contributed by atoms with Gasteiger partial charge in [0.2, 0.25) is 0 Å². The third-order valence-corrected chi connectivity index (χ3v) is 3.15. The zero-order valence-corrected chi connectivity index (χ0v) is 13.4. The number of nitrogens with one attached hydrogen (secondary N) is 2. The van der Waals surface area contributed by atoms with Crippen LogP contribution in [0.4, 0.5) is 21.7 Å². The molecule has 2 rings (SSSR count). The van der Waals surface area contributed by atoms with Gasteiger partial charge in [-0.25, -0.2) is 14.4 Å². The van der Waals surface area contributed by atoms with Gasteiger partial charge in [-0.05, 0) is 25.1 Å². The first-order chi connectivity index (χ1) is 10.1. The van der Waals surface area contributed by atoms with Crippen molar-refractivity contribution < 1.29 is 9.13 Å². The maximum atomic E-state index is 13.8. The number of ether oxygens (including phenoxy) is 1. The van der Waals surface area contributed by atoms with Gasteiger partial charge < -0.3 is 15.4 Å². The topological polar surface area (TPSA) is 59.1 Å². The lowest BCUT2D eigenvalue weighted by atomic mass is 10.3. The highest BCUT2D eigenvalue weighted by Gasteiger charge is 2.08. The molecule has 7 heteroatoms. The zero-order valence-electron chi connectivity index (χ0n) is 11.8. The smallest absolute Gasteiger partial charge is 0.158 e. The summed E-state index contributed by atoms with van der Waals surface area (Å²) < 4.78 is 19.9. The van der Waals surface area contributed by atoms with Gasteiger partial charge in [0.1, 0.15) is 24.1 Å². The molecule has 0 radical (unpaired) electrons. The number of benzene rings is 1. The number of aromatic nitrogens is 2. The van der Waals surface area contributed by atoms with Gasteiger partial charge in [0.15, 0.2) is 5.82 Å². The van der Waals surface area contributed by atoms with E-state index < -0.39 is 0 Å². The summed E-state index contributed by atoms with van der Waals surface area (Å²) in [6, 6.07) is 6.38. The first-order valence-corrected chi connectivity index (χ1v) is 7.27. The van der Waals surface area contributed by atoms with Gasteiger partial charge in [0.05, 0.1) is 5.69 Å². The molecule has 112 valence electrons. The van der Waals surface area contributed by atoms with E-state index in [1.165, 1.54) is 6.07 Å². The van der Waals surface area contributed by atoms with Crippen molar-refractivity contribution in [2.45, 2.75) is 13.5 Å². The molecule has 0 atom stereocenters. The number of anilines is 3. The standard InChI is InChI=1S/C14H16BrFN4O/c1-3-21-8-14-19-12(17-2)7-13(20-14)18-11-6-9(15)4-5-10(11)16/h4-7H,3,8H2,1-2H3,(H2,17,18,19,20). The minimum absolute atomic E-state index is 0.307. The van der Waals surface area contributed by atoms with Crippen LogP contribution in [0.25, 0.3) is 0 Å². The molecular weight excluding hydrogens is 339 g/mol. The molecule has 0 bridgehead atoms. The van der Waals surface area contributed by atoms with E-state index in [-0.39, 0.29) is 5.82 Å². The molecule has 0 fully saturated rings. The Balaban J connectivity index is 2.27. The molecular formula is C14H16BrFN4O. The molecule has 2 aromatic rings. The van der Waals surface area contributed by atoms with Crippen molar-refractivity contribution in [2.24, 2.45) is 0 Å². The molecule has 0 amide bonds. The van der Waals surface area contributed by atoms with Crippen molar-refractivity contribution in [1.29, 1.82) is 0 Å². The van der Waals surface area contributed by atoms with Crippen molar-refractivity contribution >= 4 is 33.3 Å². The van der Waals surface area contributed by atoms with Crippen molar-refractivity contribution in [1.82, 2.24) is 9.97 Å². The summed E-state index contributed by atoms with van der Waals surface area (Å²) in [6.07, 6.45) is 0. The number of hydrogen-bond acceptors (Lipinski definition) is 5. The fourth-order valence-corrected chi connectivity index (χ4v) is 2.04. The molecule has 5 nitrogen and oxygen atoms in total. The first-order valence-electron chi connectivity index (χ1n) is 6.48. The van der Waals surface area contributed by atoms with Gasteiger partial charge in [-0.1, -0.05) is 15.9 Å². The predicted molar refractivity (Wildman–Crippen MR) is 84.3 cm³/mol. The molecule has 0 unspecified atom stereocenters. The normalized spacial score (nSPS) is 10.5. The lowest BCUT2D eigenvalue weighted by Gasteiger charge is -2.11. The Morgan fingerprint density at radius 1 is 1.24 bits per heavy atom. The first kappa shape index (κ1) is 15.7. The van der Waals surface area contributed by atoms with Gasteiger partial charge in [-0.2, -0.15) is 0 Å². The molecule has 0 aliphatic heterocycles. The summed E-state index contributed by atoms with van der Waals surface area (Å²) in [4.78, 5) is 8.60. The van der Waals surface area contributed by atoms with Gasteiger partial charge in [-0.15, -0.1) is 0 Å². The third-order valence-electron chi connectivity index (χ3n) is 2.66. The Morgan fingerprint density at radius 2 is 2.00 bits per heavy atom. The van der Waals surface area contributed by atoms with Gasteiger partial charge in [0, 0.05) is 24.2 Å². The minimum atomic E-state index is -0.353. The number of halogens is 2. The summed E-state index contributed by atoms with van der Waals surface area (Å²) in [5.74, 6) is 1.31. The Labute approximate surface area is 131 Å². The molecule has 1 aromatic heterocycles. The Kier molecular flexibility index (Phi) is 5.46. The van der Waals surface area contributed by atoms with Crippen LogP contribution in [0.2, 0.25) is 0 Å². The van der Waals surface area contributed by atoms with Gasteiger partial charge in [0.25, 0.3) is 0 Å². The van der Waals surface area contributed by atoms with Crippen LogP contribution in [0.5, 0.6) is 0 Å². The highest BCUT2D eigenvalue weighted by atomic mass is 79.9. The van der Waals surface area contributed by atoms with E-state index in [0.29, 0.717) is 36.4 Å². The molecule has 1 aromatic carbocycles. The van der Waals surface area contributed by atoms with E-state index in [4.69, 9.17) is 4.74 Å². The lowest BCUT2D eigenvalue weighted by molar-refractivity contribution is 0.128. The summed E-state index contributed by atoms with van der Waals surface area (Å²) in [7, 11) is 1.76. The van der Waals surface area contributed by atoms with Crippen LogP contribution in [0, 0.1) is 5.82 Å². The second kappa shape index (κ2) is 7.33. The predicted octanol–water partition coefficient (Wildman–Crippen LogP) is 3.70. The van der Waals surface area contributed by atoms with E-state index in [9.17, 15) is 4.39 Å². The van der Waals surface area contributed by atoms with Crippen LogP contribution < -0.4 is 10.6 Å². The van der Waals surface area contributed by atoms with Gasteiger partial charge in [-0.3, -0.25) is 0 Å². The van der Waals surface area contributed by atoms with Crippen LogP contribution in [-0.4, -0.2) is 23.6 Å². The summed E-state index contributed by atoms with van der Waals surface area (Å²) in [5, 5.41) is 5.90. The number of rotatable bonds is 6. The Bertz CT molecular complexity index is 624. The largest absolute Gasteiger partial charge is 0.374 e.